The van der Waals surface area contributed by atoms with Crippen molar-refractivity contribution in [2.24, 2.45) is 5.92 Å². The maximum Gasteiger partial charge on any atom is 0.333 e. The van der Waals surface area contributed by atoms with E-state index in [0.29, 0.717) is 11.3 Å². The van der Waals surface area contributed by atoms with Crippen LogP contribution in [0.3, 0.4) is 0 Å². The summed E-state index contributed by atoms with van der Waals surface area (Å²) < 4.78 is 34.1. The molecule has 5 aliphatic carbocycles. The summed E-state index contributed by atoms with van der Waals surface area (Å²) in [6.07, 6.45) is 9.43. The first kappa shape index (κ1) is 21.2. The van der Waals surface area contributed by atoms with Crippen molar-refractivity contribution in [1.82, 2.24) is 4.72 Å². The zero-order valence-corrected chi connectivity index (χ0v) is 19.7. The predicted molar refractivity (Wildman–Crippen MR) is 123 cm³/mol. The Bertz CT molecular complexity index is 1220. The van der Waals surface area contributed by atoms with Crippen LogP contribution in [0.5, 0.6) is 0 Å². The molecule has 7 rings (SSSR count). The molecule has 0 spiro atoms. The molecule has 1 heterocycles. The number of amides is 2. The number of sulfonamides is 1. The number of benzene rings is 1. The maximum absolute atomic E-state index is 13.1. The lowest BCUT2D eigenvalue weighted by atomic mass is 9.77. The molecular formula is C25H30N2O5S. The van der Waals surface area contributed by atoms with Crippen molar-refractivity contribution in [3.8, 4) is 0 Å². The number of aliphatic hydroxyl groups is 1. The van der Waals surface area contributed by atoms with Crippen LogP contribution in [-0.4, -0.2) is 19.6 Å². The number of anilines is 1. The molecule has 0 saturated heterocycles. The number of furan rings is 1. The molecule has 0 radical (unpaired) electrons. The lowest BCUT2D eigenvalue weighted by Crippen LogP contribution is -2.35. The molecule has 1 aromatic carbocycles. The van der Waals surface area contributed by atoms with Crippen molar-refractivity contribution in [1.29, 1.82) is 0 Å². The van der Waals surface area contributed by atoms with Crippen LogP contribution in [0.25, 0.3) is 0 Å². The van der Waals surface area contributed by atoms with E-state index in [4.69, 9.17) is 4.42 Å². The zero-order chi connectivity index (χ0) is 23.0. The molecule has 1 fully saturated rings. The number of carbonyl (C=O) groups is 1. The Kier molecular flexibility index (Phi) is 4.72. The highest BCUT2D eigenvalue weighted by molar-refractivity contribution is 7.89. The number of fused-ring (bicyclic) bond motifs is 4. The van der Waals surface area contributed by atoms with Gasteiger partial charge in [-0.15, -0.1) is 0 Å². The number of nitrogens with one attached hydrogen (secondary N) is 2. The second-order valence-electron chi connectivity index (χ2n) is 10.3. The molecule has 7 nitrogen and oxygen atoms in total. The summed E-state index contributed by atoms with van der Waals surface area (Å²) in [6.45, 7) is 1.74. The highest BCUT2D eigenvalue weighted by atomic mass is 32.2. The van der Waals surface area contributed by atoms with Crippen LogP contribution in [0.1, 0.15) is 84.9 Å². The second kappa shape index (κ2) is 7.34. The number of hydrogen-bond acceptors (Lipinski definition) is 5. The molecule has 1 atom stereocenters. The smallest absolute Gasteiger partial charge is 0.333 e. The second-order valence-corrected chi connectivity index (χ2v) is 11.9. The standard InChI is InChI=1S/C25H30N2O5S/c1-25(29)17-10-8-14(9-11-17)23-20(25)13-21(32-23)33(30,31)27-24(28)26-22-18-6-2-4-15(18)12-16-5-3-7-19(16)22/h12-14,17,29H,2-11H2,1H3,(H2,26,27,28)/t14?,17?,25-/m1/s1. The van der Waals surface area contributed by atoms with Crippen molar-refractivity contribution in [2.45, 2.75) is 87.7 Å². The molecule has 0 unspecified atom stereocenters. The van der Waals surface area contributed by atoms with E-state index in [9.17, 15) is 18.3 Å². The van der Waals surface area contributed by atoms with Gasteiger partial charge in [0, 0.05) is 23.2 Å². The number of rotatable bonds is 3. The molecule has 1 aromatic heterocycles. The molecule has 5 aliphatic rings. The first-order valence-corrected chi connectivity index (χ1v) is 13.6. The number of hydrogen-bond donors (Lipinski definition) is 3. The van der Waals surface area contributed by atoms with Gasteiger partial charge in [0.2, 0.25) is 5.09 Å². The molecule has 2 aromatic rings. The normalized spacial score (nSPS) is 27.6. The van der Waals surface area contributed by atoms with Crippen LogP contribution in [-0.2, 0) is 41.3 Å². The molecule has 176 valence electrons. The average Bonchev–Trinajstić information content (AvgIpc) is 3.50. The van der Waals surface area contributed by atoms with Crippen LogP contribution in [0.2, 0.25) is 0 Å². The Labute approximate surface area is 194 Å². The summed E-state index contributed by atoms with van der Waals surface area (Å²) in [6, 6.07) is 2.91. The minimum Gasteiger partial charge on any atom is -0.447 e. The molecule has 1 saturated carbocycles. The Morgan fingerprint density at radius 1 is 1.03 bits per heavy atom. The largest absolute Gasteiger partial charge is 0.447 e. The van der Waals surface area contributed by atoms with Gasteiger partial charge in [0.15, 0.2) is 0 Å². The Morgan fingerprint density at radius 3 is 2.30 bits per heavy atom. The van der Waals surface area contributed by atoms with Crippen LogP contribution in [0, 0.1) is 5.92 Å². The molecule has 2 amide bonds. The van der Waals surface area contributed by atoms with Gasteiger partial charge >= 0.3 is 6.03 Å². The molecule has 8 heteroatoms. The van der Waals surface area contributed by atoms with Crippen LogP contribution in [0.4, 0.5) is 10.5 Å². The van der Waals surface area contributed by atoms with Gasteiger partial charge in [-0.2, -0.15) is 8.42 Å². The van der Waals surface area contributed by atoms with Gasteiger partial charge in [-0.1, -0.05) is 6.07 Å². The summed E-state index contributed by atoms with van der Waals surface area (Å²) in [7, 11) is -4.22. The predicted octanol–water partition coefficient (Wildman–Crippen LogP) is 4.26. The van der Waals surface area contributed by atoms with E-state index >= 15 is 0 Å². The van der Waals surface area contributed by atoms with Gasteiger partial charge in [-0.3, -0.25) is 0 Å². The van der Waals surface area contributed by atoms with Gasteiger partial charge < -0.3 is 14.8 Å². The first-order valence-electron chi connectivity index (χ1n) is 12.1. The summed E-state index contributed by atoms with van der Waals surface area (Å²) in [5.41, 5.74) is 5.01. The monoisotopic (exact) mass is 470 g/mol. The van der Waals surface area contributed by atoms with Crippen LogP contribution >= 0.6 is 0 Å². The fourth-order valence-corrected chi connectivity index (χ4v) is 7.50. The third kappa shape index (κ3) is 3.33. The van der Waals surface area contributed by atoms with E-state index in [-0.39, 0.29) is 16.9 Å². The van der Waals surface area contributed by atoms with Crippen molar-refractivity contribution >= 4 is 21.7 Å². The van der Waals surface area contributed by atoms with Gasteiger partial charge in [0.05, 0.1) is 5.60 Å². The lowest BCUT2D eigenvalue weighted by Gasteiger charge is -2.32. The average molecular weight is 471 g/mol. The highest BCUT2D eigenvalue weighted by Crippen LogP contribution is 2.52. The molecular weight excluding hydrogens is 440 g/mol. The lowest BCUT2D eigenvalue weighted by molar-refractivity contribution is -0.0159. The van der Waals surface area contributed by atoms with E-state index < -0.39 is 21.7 Å². The fourth-order valence-electron chi connectivity index (χ4n) is 6.63. The number of aryl methyl sites for hydroxylation is 2. The SMILES string of the molecule is C[C@]1(O)c2cc(S(=O)(=O)NC(=O)Nc3c4c(cc5c3CCC5)CCC4)oc2C2CCC1CC2. The van der Waals surface area contributed by atoms with E-state index in [1.54, 1.807) is 6.92 Å². The summed E-state index contributed by atoms with van der Waals surface area (Å²) in [5, 5.41) is 13.7. The van der Waals surface area contributed by atoms with Gasteiger partial charge in [0.25, 0.3) is 10.0 Å². The minimum absolute atomic E-state index is 0.0849. The van der Waals surface area contributed by atoms with Gasteiger partial charge in [-0.05, 0) is 99.3 Å². The van der Waals surface area contributed by atoms with Crippen molar-refractivity contribution in [3.63, 3.8) is 0 Å². The highest BCUT2D eigenvalue weighted by Gasteiger charge is 2.46. The molecule has 0 aliphatic heterocycles. The maximum atomic E-state index is 13.1. The van der Waals surface area contributed by atoms with Crippen LogP contribution < -0.4 is 10.0 Å². The van der Waals surface area contributed by atoms with Crippen molar-refractivity contribution < 1.29 is 22.7 Å². The molecule has 2 bridgehead atoms. The van der Waals surface area contributed by atoms with Gasteiger partial charge in [-0.25, -0.2) is 9.52 Å². The Morgan fingerprint density at radius 2 is 1.67 bits per heavy atom. The zero-order valence-electron chi connectivity index (χ0n) is 18.9. The quantitative estimate of drug-likeness (QED) is 0.621. The summed E-state index contributed by atoms with van der Waals surface area (Å²) in [4.78, 5) is 12.9. The van der Waals surface area contributed by atoms with E-state index in [0.717, 1.165) is 81.0 Å². The first-order chi connectivity index (χ1) is 15.7. The Hall–Kier alpha value is -2.32. The van der Waals surface area contributed by atoms with Crippen molar-refractivity contribution in [2.75, 3.05) is 5.32 Å². The van der Waals surface area contributed by atoms with Crippen LogP contribution in [0.15, 0.2) is 21.6 Å². The number of urea groups is 1. The topological polar surface area (TPSA) is 109 Å². The van der Waals surface area contributed by atoms with Crippen molar-refractivity contribution in [3.05, 3.63) is 45.7 Å². The minimum atomic E-state index is -4.22. The third-order valence-corrected chi connectivity index (χ3v) is 9.56. The van der Waals surface area contributed by atoms with E-state index in [1.807, 2.05) is 0 Å². The fraction of sp³-hybridized carbons (Fsp3) is 0.560. The summed E-state index contributed by atoms with van der Waals surface area (Å²) in [5.74, 6) is 0.749. The Balaban J connectivity index is 1.28. The van der Waals surface area contributed by atoms with E-state index in [1.165, 1.54) is 17.2 Å². The molecule has 3 N–H and O–H groups in total. The third-order valence-electron chi connectivity index (χ3n) is 8.38. The molecule has 33 heavy (non-hydrogen) atoms. The summed E-state index contributed by atoms with van der Waals surface area (Å²) >= 11 is 0. The van der Waals surface area contributed by atoms with Gasteiger partial charge in [0.1, 0.15) is 5.76 Å². The number of carbonyl (C=O) groups excluding carboxylic acids is 1. The van der Waals surface area contributed by atoms with E-state index in [2.05, 4.69) is 16.1 Å².